The van der Waals surface area contributed by atoms with Crippen LogP contribution < -0.4 is 0 Å². The number of piperazine rings is 1. The predicted octanol–water partition coefficient (Wildman–Crippen LogP) is 2.33. The average Bonchev–Trinajstić information content (AvgIpc) is 3.31. The fraction of sp³-hybridized carbons (Fsp3) is 0.706. The highest BCUT2D eigenvalue weighted by Crippen LogP contribution is 2.48. The van der Waals surface area contributed by atoms with Crippen LogP contribution in [0.1, 0.15) is 30.6 Å². The summed E-state index contributed by atoms with van der Waals surface area (Å²) in [5.41, 5.74) is 0. The Balaban J connectivity index is 1.39. The molecule has 0 radical (unpaired) electrons. The molecule has 2 saturated carbocycles. The summed E-state index contributed by atoms with van der Waals surface area (Å²) in [5.74, 6) is 1.81. The molecule has 3 fully saturated rings. The van der Waals surface area contributed by atoms with Crippen molar-refractivity contribution in [3.8, 4) is 0 Å². The number of hydrogen-bond acceptors (Lipinski definition) is 4. The number of amides is 1. The van der Waals surface area contributed by atoms with Crippen LogP contribution in [0.25, 0.3) is 0 Å². The number of rotatable bonds is 3. The number of carbonyl (C=O) groups is 1. The maximum atomic E-state index is 12.8. The Morgan fingerprint density at radius 2 is 1.88 bits per heavy atom. The van der Waals surface area contributed by atoms with Gasteiger partial charge in [0.05, 0.1) is 0 Å². The van der Waals surface area contributed by atoms with E-state index in [0.29, 0.717) is 36.3 Å². The van der Waals surface area contributed by atoms with E-state index in [9.17, 15) is 13.2 Å². The quantitative estimate of drug-likeness (QED) is 0.823. The second kappa shape index (κ2) is 6.11. The lowest BCUT2D eigenvalue weighted by Crippen LogP contribution is -2.52. The van der Waals surface area contributed by atoms with Gasteiger partial charge in [-0.25, -0.2) is 8.42 Å². The molecule has 2 bridgehead atoms. The highest BCUT2D eigenvalue weighted by atomic mass is 32.2. The van der Waals surface area contributed by atoms with Gasteiger partial charge in [0.15, 0.2) is 0 Å². The van der Waals surface area contributed by atoms with Gasteiger partial charge in [-0.3, -0.25) is 4.79 Å². The molecule has 0 spiro atoms. The molecule has 1 aromatic heterocycles. The fourth-order valence-corrected chi connectivity index (χ4v) is 7.47. The molecule has 1 aliphatic heterocycles. The summed E-state index contributed by atoms with van der Waals surface area (Å²) >= 11 is 1.31. The molecule has 4 rings (SSSR count). The lowest BCUT2D eigenvalue weighted by Gasteiger charge is -2.36. The van der Waals surface area contributed by atoms with Crippen LogP contribution >= 0.6 is 11.3 Å². The lowest BCUT2D eigenvalue weighted by molar-refractivity contribution is -0.138. The number of fused-ring (bicyclic) bond motifs is 2. The third-order valence-electron chi connectivity index (χ3n) is 5.92. The molecule has 0 N–H and O–H groups in total. The van der Waals surface area contributed by atoms with Crippen molar-refractivity contribution in [2.75, 3.05) is 26.2 Å². The fourth-order valence-electron chi connectivity index (χ4n) is 4.61. The molecule has 1 aromatic rings. The van der Waals surface area contributed by atoms with Crippen molar-refractivity contribution in [1.82, 2.24) is 9.21 Å². The minimum atomic E-state index is -3.40. The summed E-state index contributed by atoms with van der Waals surface area (Å²) in [7, 11) is -3.40. The second-order valence-corrected chi connectivity index (χ2v) is 10.8. The van der Waals surface area contributed by atoms with Crippen molar-refractivity contribution >= 4 is 27.3 Å². The van der Waals surface area contributed by atoms with Crippen LogP contribution in [-0.2, 0) is 14.8 Å². The summed E-state index contributed by atoms with van der Waals surface area (Å²) in [6.45, 7) is 3.78. The molecular formula is C17H24N2O3S2. The first-order chi connectivity index (χ1) is 11.4. The molecule has 3 atom stereocenters. The largest absolute Gasteiger partial charge is 0.340 e. The zero-order valence-electron chi connectivity index (χ0n) is 14.0. The van der Waals surface area contributed by atoms with Gasteiger partial charge in [-0.15, -0.1) is 11.3 Å². The van der Waals surface area contributed by atoms with Crippen molar-refractivity contribution in [2.45, 2.75) is 36.8 Å². The topological polar surface area (TPSA) is 57.7 Å². The normalized spacial score (nSPS) is 30.9. The van der Waals surface area contributed by atoms with Gasteiger partial charge in [-0.1, -0.05) is 6.42 Å². The average molecular weight is 369 g/mol. The van der Waals surface area contributed by atoms with E-state index in [4.69, 9.17) is 0 Å². The van der Waals surface area contributed by atoms with Crippen LogP contribution in [0.3, 0.4) is 0 Å². The van der Waals surface area contributed by atoms with E-state index in [1.54, 1.807) is 6.07 Å². The number of aryl methyl sites for hydroxylation is 1. The van der Waals surface area contributed by atoms with E-state index in [0.717, 1.165) is 17.2 Å². The molecule has 0 unspecified atom stereocenters. The third kappa shape index (κ3) is 2.80. The van der Waals surface area contributed by atoms with E-state index in [-0.39, 0.29) is 11.8 Å². The number of sulfonamides is 1. The van der Waals surface area contributed by atoms with Crippen LogP contribution in [0.5, 0.6) is 0 Å². The van der Waals surface area contributed by atoms with Gasteiger partial charge in [0.2, 0.25) is 5.91 Å². The Labute approximate surface area is 147 Å². The molecule has 1 saturated heterocycles. The van der Waals surface area contributed by atoms with E-state index >= 15 is 0 Å². The Morgan fingerprint density at radius 1 is 1.12 bits per heavy atom. The number of nitrogens with zero attached hydrogens (tertiary/aromatic N) is 2. The molecule has 1 amide bonds. The molecule has 3 aliphatic rings. The molecule has 2 aliphatic carbocycles. The zero-order valence-corrected chi connectivity index (χ0v) is 15.6. The molecular weight excluding hydrogens is 344 g/mol. The van der Waals surface area contributed by atoms with E-state index in [1.807, 2.05) is 17.9 Å². The number of carbonyl (C=O) groups excluding carboxylic acids is 1. The highest BCUT2D eigenvalue weighted by molar-refractivity contribution is 7.91. The zero-order chi connectivity index (χ0) is 16.9. The minimum absolute atomic E-state index is 0.201. The summed E-state index contributed by atoms with van der Waals surface area (Å²) < 4.78 is 27.3. The Kier molecular flexibility index (Phi) is 4.21. The number of thiophene rings is 1. The highest BCUT2D eigenvalue weighted by Gasteiger charge is 2.45. The van der Waals surface area contributed by atoms with E-state index < -0.39 is 10.0 Å². The van der Waals surface area contributed by atoms with Crippen molar-refractivity contribution in [3.63, 3.8) is 0 Å². The van der Waals surface area contributed by atoms with Crippen molar-refractivity contribution in [1.29, 1.82) is 0 Å². The Bertz CT molecular complexity index is 735. The standard InChI is InChI=1S/C17H24N2O3S2/c1-12-2-5-16(23-12)24(21,22)19-8-6-18(7-9-19)17(20)15-11-13-3-4-14(15)10-13/h2,5,13-15H,3-4,6-11H2,1H3/t13-,14-,15+/m0/s1. The predicted molar refractivity (Wildman–Crippen MR) is 93.3 cm³/mol. The van der Waals surface area contributed by atoms with Crippen molar-refractivity contribution < 1.29 is 13.2 Å². The van der Waals surface area contributed by atoms with Gasteiger partial charge in [-0.2, -0.15) is 4.31 Å². The van der Waals surface area contributed by atoms with Crippen LogP contribution in [0, 0.1) is 24.7 Å². The second-order valence-electron chi connectivity index (χ2n) is 7.38. The monoisotopic (exact) mass is 368 g/mol. The lowest BCUT2D eigenvalue weighted by atomic mass is 9.87. The first kappa shape index (κ1) is 16.5. The Morgan fingerprint density at radius 3 is 2.42 bits per heavy atom. The first-order valence-corrected chi connectivity index (χ1v) is 11.1. The molecule has 132 valence electrons. The molecule has 5 nitrogen and oxygen atoms in total. The van der Waals surface area contributed by atoms with Crippen LogP contribution in [0.2, 0.25) is 0 Å². The van der Waals surface area contributed by atoms with Gasteiger partial charge < -0.3 is 4.90 Å². The van der Waals surface area contributed by atoms with Crippen LogP contribution in [0.4, 0.5) is 0 Å². The number of hydrogen-bond donors (Lipinski definition) is 0. The van der Waals surface area contributed by atoms with E-state index in [2.05, 4.69) is 0 Å². The summed E-state index contributed by atoms with van der Waals surface area (Å²) in [5, 5.41) is 0. The molecule has 0 aromatic carbocycles. The van der Waals surface area contributed by atoms with Gasteiger partial charge >= 0.3 is 0 Å². The minimum Gasteiger partial charge on any atom is -0.340 e. The first-order valence-electron chi connectivity index (χ1n) is 8.80. The smallest absolute Gasteiger partial charge is 0.252 e. The van der Waals surface area contributed by atoms with Gasteiger partial charge in [-0.05, 0) is 50.2 Å². The maximum absolute atomic E-state index is 12.8. The summed E-state index contributed by atoms with van der Waals surface area (Å²) in [4.78, 5) is 15.7. The van der Waals surface area contributed by atoms with E-state index in [1.165, 1.54) is 34.9 Å². The van der Waals surface area contributed by atoms with Crippen LogP contribution in [-0.4, -0.2) is 49.7 Å². The molecule has 7 heteroatoms. The van der Waals surface area contributed by atoms with Crippen LogP contribution in [0.15, 0.2) is 16.3 Å². The molecule has 24 heavy (non-hydrogen) atoms. The Hall–Kier alpha value is -0.920. The molecule has 2 heterocycles. The third-order valence-corrected chi connectivity index (χ3v) is 9.28. The maximum Gasteiger partial charge on any atom is 0.252 e. The summed E-state index contributed by atoms with van der Waals surface area (Å²) in [6.07, 6.45) is 4.77. The van der Waals surface area contributed by atoms with Gasteiger partial charge in [0.1, 0.15) is 4.21 Å². The van der Waals surface area contributed by atoms with Crippen molar-refractivity contribution in [2.24, 2.45) is 17.8 Å². The van der Waals surface area contributed by atoms with Gasteiger partial charge in [0, 0.05) is 37.0 Å². The SMILES string of the molecule is Cc1ccc(S(=O)(=O)N2CCN(C(=O)[C@@H]3C[C@H]4CC[C@H]3C4)CC2)s1. The van der Waals surface area contributed by atoms with Gasteiger partial charge in [0.25, 0.3) is 10.0 Å². The van der Waals surface area contributed by atoms with Crippen molar-refractivity contribution in [3.05, 3.63) is 17.0 Å². The summed E-state index contributed by atoms with van der Waals surface area (Å²) in [6, 6.07) is 3.52.